The van der Waals surface area contributed by atoms with Crippen LogP contribution < -0.4 is 0 Å². The summed E-state index contributed by atoms with van der Waals surface area (Å²) < 4.78 is 0. The van der Waals surface area contributed by atoms with Crippen molar-refractivity contribution < 1.29 is 9.90 Å². The highest BCUT2D eigenvalue weighted by Crippen LogP contribution is 2.79. The molecule has 0 amide bonds. The van der Waals surface area contributed by atoms with E-state index in [0.717, 1.165) is 36.8 Å². The van der Waals surface area contributed by atoms with Gasteiger partial charge < -0.3 is 5.11 Å². The molecule has 0 spiro atoms. The van der Waals surface area contributed by atoms with E-state index in [2.05, 4.69) is 26.0 Å². The fourth-order valence-electron chi connectivity index (χ4n) is 8.10. The van der Waals surface area contributed by atoms with Gasteiger partial charge in [0.25, 0.3) is 0 Å². The zero-order valence-electron chi connectivity index (χ0n) is 15.9. The summed E-state index contributed by atoms with van der Waals surface area (Å²) in [5, 5.41) is 20.2. The van der Waals surface area contributed by atoms with Crippen LogP contribution in [0.15, 0.2) is 23.3 Å². The maximum absolute atomic E-state index is 12.0. The van der Waals surface area contributed by atoms with E-state index in [0.29, 0.717) is 41.9 Å². The first-order chi connectivity index (χ1) is 12.5. The van der Waals surface area contributed by atoms with E-state index in [1.54, 1.807) is 0 Å². The Morgan fingerprint density at radius 2 is 2.15 bits per heavy atom. The van der Waals surface area contributed by atoms with E-state index in [9.17, 15) is 15.2 Å². The summed E-state index contributed by atoms with van der Waals surface area (Å²) in [7, 11) is 0. The molecule has 3 nitrogen and oxygen atoms in total. The highest BCUT2D eigenvalue weighted by Gasteiger charge is 2.75. The molecule has 5 aliphatic carbocycles. The molecule has 5 aliphatic rings. The van der Waals surface area contributed by atoms with E-state index in [1.165, 1.54) is 6.42 Å². The lowest BCUT2D eigenvalue weighted by Gasteiger charge is -2.56. The molecule has 3 saturated carbocycles. The second-order valence-electron chi connectivity index (χ2n) is 9.73. The number of hydrogen-bond acceptors (Lipinski definition) is 3. The SMILES string of the molecule is CC[C@]1(C#N)[C@H]2C[C@H]2C2[C@@H]3C=C(CO)C4=CC(=O)CC[C@@H]4[C@H]3CC[C@@]21C. The Balaban J connectivity index is 1.61. The second kappa shape index (κ2) is 5.32. The third-order valence-corrected chi connectivity index (χ3v) is 9.22. The monoisotopic (exact) mass is 351 g/mol. The van der Waals surface area contributed by atoms with Gasteiger partial charge in [-0.05, 0) is 90.2 Å². The van der Waals surface area contributed by atoms with Crippen molar-refractivity contribution in [2.45, 2.75) is 52.4 Å². The third-order valence-electron chi connectivity index (χ3n) is 9.22. The number of nitriles is 1. The largest absolute Gasteiger partial charge is 0.392 e. The minimum atomic E-state index is -0.154. The molecule has 0 radical (unpaired) electrons. The van der Waals surface area contributed by atoms with Gasteiger partial charge in [-0.15, -0.1) is 0 Å². The van der Waals surface area contributed by atoms with Crippen molar-refractivity contribution in [2.24, 2.45) is 46.3 Å². The Hall–Kier alpha value is -1.40. The molecule has 138 valence electrons. The third kappa shape index (κ3) is 1.80. The lowest BCUT2D eigenvalue weighted by atomic mass is 9.47. The summed E-state index contributed by atoms with van der Waals surface area (Å²) >= 11 is 0. The van der Waals surface area contributed by atoms with Crippen molar-refractivity contribution in [3.8, 4) is 6.07 Å². The second-order valence-corrected chi connectivity index (χ2v) is 9.73. The number of carbonyl (C=O) groups is 1. The molecule has 0 aromatic heterocycles. The molecule has 8 atom stereocenters. The molecule has 1 unspecified atom stereocenters. The number of carbonyl (C=O) groups excluding carboxylic acids is 1. The first-order valence-corrected chi connectivity index (χ1v) is 10.5. The lowest BCUT2D eigenvalue weighted by Crippen LogP contribution is -2.51. The van der Waals surface area contributed by atoms with Gasteiger partial charge in [0.15, 0.2) is 5.78 Å². The van der Waals surface area contributed by atoms with Crippen LogP contribution in [0.2, 0.25) is 0 Å². The van der Waals surface area contributed by atoms with Crippen molar-refractivity contribution in [3.05, 3.63) is 23.3 Å². The standard InChI is InChI=1S/C23H29NO2/c1-3-23(12-24)20-10-19(20)21-18-8-13(11-25)17-9-14(26)4-5-15(17)16(18)6-7-22(21,23)2/h8-9,15-16,18-21,25H,3-7,10-11H2,1-2H3/t15-,16-,18-,19-,20+,21?,22+,23+/m1/s1. The fourth-order valence-corrected chi connectivity index (χ4v) is 8.10. The molecule has 0 saturated heterocycles. The van der Waals surface area contributed by atoms with Crippen LogP contribution in [0.4, 0.5) is 0 Å². The number of aliphatic hydroxyl groups is 1. The summed E-state index contributed by atoms with van der Waals surface area (Å²) in [4.78, 5) is 12.0. The number of allylic oxidation sites excluding steroid dienone is 2. The van der Waals surface area contributed by atoms with Crippen molar-refractivity contribution in [2.75, 3.05) is 6.61 Å². The van der Waals surface area contributed by atoms with E-state index in [-0.39, 0.29) is 23.2 Å². The maximum Gasteiger partial charge on any atom is 0.156 e. The van der Waals surface area contributed by atoms with Gasteiger partial charge in [0.2, 0.25) is 0 Å². The van der Waals surface area contributed by atoms with Crippen molar-refractivity contribution in [3.63, 3.8) is 0 Å². The molecule has 0 heterocycles. The Bertz CT molecular complexity index is 774. The van der Waals surface area contributed by atoms with Crippen LogP contribution in [0.3, 0.4) is 0 Å². The molecule has 0 aromatic rings. The van der Waals surface area contributed by atoms with Gasteiger partial charge in [-0.3, -0.25) is 4.79 Å². The number of fused-ring (bicyclic) bond motifs is 7. The predicted octanol–water partition coefficient (Wildman–Crippen LogP) is 4.04. The van der Waals surface area contributed by atoms with Gasteiger partial charge in [-0.1, -0.05) is 19.9 Å². The van der Waals surface area contributed by atoms with Crippen molar-refractivity contribution in [1.82, 2.24) is 0 Å². The summed E-state index contributed by atoms with van der Waals surface area (Å²) in [5.41, 5.74) is 2.07. The van der Waals surface area contributed by atoms with Gasteiger partial charge in [0, 0.05) is 6.42 Å². The van der Waals surface area contributed by atoms with Crippen molar-refractivity contribution >= 4 is 5.78 Å². The van der Waals surface area contributed by atoms with Crippen LogP contribution in [0.5, 0.6) is 0 Å². The number of ketones is 1. The molecule has 26 heavy (non-hydrogen) atoms. The highest BCUT2D eigenvalue weighted by molar-refractivity contribution is 5.92. The number of rotatable bonds is 2. The minimum Gasteiger partial charge on any atom is -0.392 e. The lowest BCUT2D eigenvalue weighted by molar-refractivity contribution is -0.115. The highest BCUT2D eigenvalue weighted by atomic mass is 16.3. The van der Waals surface area contributed by atoms with Crippen LogP contribution in [0, 0.1) is 57.7 Å². The Labute approximate surface area is 156 Å². The van der Waals surface area contributed by atoms with Crippen LogP contribution >= 0.6 is 0 Å². The topological polar surface area (TPSA) is 61.1 Å². The average Bonchev–Trinajstić information content (AvgIpc) is 3.38. The minimum absolute atomic E-state index is 0.0353. The summed E-state index contributed by atoms with van der Waals surface area (Å²) in [5.74, 6) is 3.57. The number of aliphatic hydroxyl groups excluding tert-OH is 1. The quantitative estimate of drug-likeness (QED) is 0.816. The first-order valence-electron chi connectivity index (χ1n) is 10.5. The summed E-state index contributed by atoms with van der Waals surface area (Å²) in [6.07, 6.45) is 10.2. The van der Waals surface area contributed by atoms with Crippen molar-refractivity contribution in [1.29, 1.82) is 5.26 Å². The number of hydrogen-bond donors (Lipinski definition) is 1. The summed E-state index contributed by atoms with van der Waals surface area (Å²) in [6, 6.07) is 2.81. The molecular weight excluding hydrogens is 322 g/mol. The molecule has 5 rings (SSSR count). The zero-order chi connectivity index (χ0) is 18.3. The molecule has 0 bridgehead atoms. The van der Waals surface area contributed by atoms with Crippen LogP contribution in [-0.4, -0.2) is 17.5 Å². The predicted molar refractivity (Wildman–Crippen MR) is 98.7 cm³/mol. The molecular formula is C23H29NO2. The molecule has 3 fully saturated rings. The summed E-state index contributed by atoms with van der Waals surface area (Å²) in [6.45, 7) is 4.64. The van der Waals surface area contributed by atoms with E-state index < -0.39 is 0 Å². The van der Waals surface area contributed by atoms with Crippen LogP contribution in [-0.2, 0) is 4.79 Å². The Morgan fingerprint density at radius 1 is 1.35 bits per heavy atom. The smallest absolute Gasteiger partial charge is 0.156 e. The van der Waals surface area contributed by atoms with E-state index in [4.69, 9.17) is 0 Å². The van der Waals surface area contributed by atoms with Gasteiger partial charge in [-0.2, -0.15) is 5.26 Å². The van der Waals surface area contributed by atoms with Crippen LogP contribution in [0.1, 0.15) is 52.4 Å². The van der Waals surface area contributed by atoms with E-state index in [1.807, 2.05) is 6.08 Å². The first kappa shape index (κ1) is 16.8. The number of nitrogens with zero attached hydrogens (tertiary/aromatic N) is 1. The molecule has 3 heteroatoms. The molecule has 0 aromatic carbocycles. The van der Waals surface area contributed by atoms with Gasteiger partial charge >= 0.3 is 0 Å². The van der Waals surface area contributed by atoms with Gasteiger partial charge in [-0.25, -0.2) is 0 Å². The normalized spacial score (nSPS) is 51.2. The molecule has 1 N–H and O–H groups in total. The average molecular weight is 351 g/mol. The van der Waals surface area contributed by atoms with Gasteiger partial charge in [0.05, 0.1) is 18.1 Å². The Morgan fingerprint density at radius 3 is 2.85 bits per heavy atom. The van der Waals surface area contributed by atoms with E-state index >= 15 is 0 Å². The Kier molecular flexibility index (Phi) is 3.43. The fraction of sp³-hybridized carbons (Fsp3) is 0.739. The van der Waals surface area contributed by atoms with Gasteiger partial charge in [0.1, 0.15) is 0 Å². The van der Waals surface area contributed by atoms with Crippen LogP contribution in [0.25, 0.3) is 0 Å². The maximum atomic E-state index is 12.0. The molecule has 0 aliphatic heterocycles. The zero-order valence-corrected chi connectivity index (χ0v) is 15.9.